The van der Waals surface area contributed by atoms with Crippen molar-refractivity contribution in [3.05, 3.63) is 53.9 Å². The van der Waals surface area contributed by atoms with E-state index in [1.165, 1.54) is 7.11 Å². The number of anilines is 2. The maximum absolute atomic E-state index is 13.3. The van der Waals surface area contributed by atoms with Crippen LogP contribution in [0.5, 0.6) is 11.5 Å². The molecule has 33 heavy (non-hydrogen) atoms. The number of thiophene rings is 1. The minimum Gasteiger partial charge on any atom is -0.495 e. The number of rotatable bonds is 7. The van der Waals surface area contributed by atoms with Crippen molar-refractivity contribution in [2.75, 3.05) is 36.9 Å². The number of piperazine rings is 1. The van der Waals surface area contributed by atoms with Gasteiger partial charge >= 0.3 is 0 Å². The number of nitrogens with one attached hydrogen (secondary N) is 2. The summed E-state index contributed by atoms with van der Waals surface area (Å²) in [4.78, 5) is 3.36. The van der Waals surface area contributed by atoms with Gasteiger partial charge in [0.05, 0.1) is 25.6 Å². The summed E-state index contributed by atoms with van der Waals surface area (Å²) in [6, 6.07) is 15.0. The number of methoxy groups -OCH3 is 2. The molecule has 2 N–H and O–H groups in total. The molecule has 2 aromatic carbocycles. The highest BCUT2D eigenvalue weighted by Gasteiger charge is 2.25. The van der Waals surface area contributed by atoms with Gasteiger partial charge in [-0.05, 0) is 61.2 Å². The van der Waals surface area contributed by atoms with Gasteiger partial charge in [0.2, 0.25) is 0 Å². The van der Waals surface area contributed by atoms with E-state index in [9.17, 15) is 8.42 Å². The summed E-state index contributed by atoms with van der Waals surface area (Å²) >= 11 is 1.59. The zero-order valence-corrected chi connectivity index (χ0v) is 20.8. The molecular weight excluding hydrogens is 458 g/mol. The van der Waals surface area contributed by atoms with Gasteiger partial charge in [0.25, 0.3) is 10.0 Å². The van der Waals surface area contributed by atoms with E-state index in [1.54, 1.807) is 48.8 Å². The monoisotopic (exact) mass is 487 g/mol. The fourth-order valence-corrected chi connectivity index (χ4v) is 6.15. The van der Waals surface area contributed by atoms with E-state index >= 15 is 0 Å². The average Bonchev–Trinajstić information content (AvgIpc) is 3.32. The van der Waals surface area contributed by atoms with E-state index in [0.717, 1.165) is 29.2 Å². The van der Waals surface area contributed by atoms with Gasteiger partial charge in [-0.2, -0.15) is 0 Å². The molecule has 176 valence electrons. The number of hydrogen-bond donors (Lipinski definition) is 2. The summed E-state index contributed by atoms with van der Waals surface area (Å²) in [6.07, 6.45) is 0. The molecule has 3 aromatic rings. The van der Waals surface area contributed by atoms with Crippen molar-refractivity contribution < 1.29 is 17.9 Å². The fraction of sp³-hybridized carbons (Fsp3) is 0.333. The molecule has 7 nitrogen and oxygen atoms in total. The Labute approximate surface area is 199 Å². The highest BCUT2D eigenvalue weighted by Crippen LogP contribution is 2.36. The Morgan fingerprint density at radius 1 is 1.00 bits per heavy atom. The lowest BCUT2D eigenvalue weighted by atomic mass is 10.1. The first-order valence-corrected chi connectivity index (χ1v) is 13.1. The van der Waals surface area contributed by atoms with E-state index in [0.29, 0.717) is 29.3 Å². The van der Waals surface area contributed by atoms with Crippen LogP contribution in [0.2, 0.25) is 0 Å². The van der Waals surface area contributed by atoms with Crippen LogP contribution in [0.3, 0.4) is 0 Å². The molecule has 1 aliphatic rings. The van der Waals surface area contributed by atoms with Crippen molar-refractivity contribution in [3.8, 4) is 21.9 Å². The van der Waals surface area contributed by atoms with Crippen LogP contribution >= 0.6 is 11.3 Å². The number of nitrogens with zero attached hydrogens (tertiary/aromatic N) is 1. The zero-order valence-electron chi connectivity index (χ0n) is 19.2. The molecule has 4 rings (SSSR count). The maximum atomic E-state index is 13.3. The van der Waals surface area contributed by atoms with Crippen molar-refractivity contribution >= 4 is 32.7 Å². The molecule has 0 bridgehead atoms. The SMILES string of the molecule is COc1ccc(NS(=O)(=O)c2ccc(-c3cccs3)cc2OC)cc1N1C[C@@H](C)N[C@@H](C)C1. The van der Waals surface area contributed by atoms with Gasteiger partial charge in [-0.3, -0.25) is 4.72 Å². The summed E-state index contributed by atoms with van der Waals surface area (Å²) in [5.74, 6) is 1.00. The Morgan fingerprint density at radius 3 is 2.36 bits per heavy atom. The van der Waals surface area contributed by atoms with Crippen LogP contribution in [0, 0.1) is 0 Å². The van der Waals surface area contributed by atoms with E-state index < -0.39 is 10.0 Å². The van der Waals surface area contributed by atoms with Gasteiger partial charge in [0.1, 0.15) is 16.4 Å². The molecule has 0 amide bonds. The van der Waals surface area contributed by atoms with Crippen molar-refractivity contribution in [2.24, 2.45) is 0 Å². The first-order chi connectivity index (χ1) is 15.8. The first kappa shape index (κ1) is 23.4. The Hall–Kier alpha value is -2.75. The van der Waals surface area contributed by atoms with Crippen molar-refractivity contribution in [3.63, 3.8) is 0 Å². The molecular formula is C24H29N3O4S2. The van der Waals surface area contributed by atoms with Gasteiger partial charge in [0.15, 0.2) is 0 Å². The molecule has 1 fully saturated rings. The molecule has 0 radical (unpaired) electrons. The normalized spacial score (nSPS) is 18.7. The van der Waals surface area contributed by atoms with Gasteiger partial charge < -0.3 is 19.7 Å². The molecule has 0 saturated carbocycles. The van der Waals surface area contributed by atoms with Gasteiger partial charge in [-0.25, -0.2) is 8.42 Å². The second-order valence-corrected chi connectivity index (χ2v) is 10.8. The third-order valence-electron chi connectivity index (χ3n) is 5.59. The minimum atomic E-state index is -3.87. The Morgan fingerprint density at radius 2 is 1.73 bits per heavy atom. The molecule has 9 heteroatoms. The van der Waals surface area contributed by atoms with E-state index in [4.69, 9.17) is 9.47 Å². The predicted molar refractivity (Wildman–Crippen MR) is 134 cm³/mol. The molecule has 2 atom stereocenters. The van der Waals surface area contributed by atoms with E-state index in [-0.39, 0.29) is 4.90 Å². The van der Waals surface area contributed by atoms with Crippen molar-refractivity contribution in [2.45, 2.75) is 30.8 Å². The Bertz CT molecular complexity index is 1200. The molecule has 1 saturated heterocycles. The van der Waals surface area contributed by atoms with Gasteiger partial charge in [-0.15, -0.1) is 11.3 Å². The third-order valence-corrected chi connectivity index (χ3v) is 7.93. The number of benzene rings is 2. The van der Waals surface area contributed by atoms with Gasteiger partial charge in [-0.1, -0.05) is 12.1 Å². The van der Waals surface area contributed by atoms with Crippen LogP contribution in [0.1, 0.15) is 13.8 Å². The van der Waals surface area contributed by atoms with Crippen LogP contribution in [-0.4, -0.2) is 47.8 Å². The minimum absolute atomic E-state index is 0.0899. The van der Waals surface area contributed by atoms with Crippen LogP contribution in [0.15, 0.2) is 58.8 Å². The van der Waals surface area contributed by atoms with E-state index in [2.05, 4.69) is 28.8 Å². The van der Waals surface area contributed by atoms with Crippen LogP contribution < -0.4 is 24.4 Å². The van der Waals surface area contributed by atoms with E-state index in [1.807, 2.05) is 23.6 Å². The fourth-order valence-electron chi connectivity index (χ4n) is 4.22. The first-order valence-electron chi connectivity index (χ1n) is 10.7. The number of hydrogen-bond acceptors (Lipinski definition) is 7. The average molecular weight is 488 g/mol. The van der Waals surface area contributed by atoms with Crippen LogP contribution in [0.4, 0.5) is 11.4 Å². The third kappa shape index (κ3) is 5.10. The molecule has 2 heterocycles. The summed E-state index contributed by atoms with van der Waals surface area (Å²) in [5, 5.41) is 5.49. The quantitative estimate of drug-likeness (QED) is 0.514. The van der Waals surface area contributed by atoms with Crippen molar-refractivity contribution in [1.29, 1.82) is 0 Å². The van der Waals surface area contributed by atoms with Gasteiger partial charge in [0, 0.05) is 30.1 Å². The number of sulfonamides is 1. The highest BCUT2D eigenvalue weighted by molar-refractivity contribution is 7.92. The topological polar surface area (TPSA) is 79.9 Å². The smallest absolute Gasteiger partial charge is 0.265 e. The lowest BCUT2D eigenvalue weighted by molar-refractivity contribution is 0.391. The summed E-state index contributed by atoms with van der Waals surface area (Å²) in [7, 11) is -0.774. The second kappa shape index (κ2) is 9.62. The van der Waals surface area contributed by atoms with Crippen LogP contribution in [0.25, 0.3) is 10.4 Å². The lowest BCUT2D eigenvalue weighted by Crippen LogP contribution is -2.54. The maximum Gasteiger partial charge on any atom is 0.265 e. The molecule has 1 aromatic heterocycles. The summed E-state index contributed by atoms with van der Waals surface area (Å²) in [6.45, 7) is 5.87. The van der Waals surface area contributed by atoms with Crippen molar-refractivity contribution in [1.82, 2.24) is 5.32 Å². The standard InChI is InChI=1S/C24H29N3O4S2/c1-16-14-27(15-17(2)25-16)20-13-19(8-9-21(20)30-3)26-33(28,29)24-10-7-18(12-22(24)31-4)23-6-5-11-32-23/h5-13,16-17,25-26H,14-15H2,1-4H3/t16-,17+. The Balaban J connectivity index is 1.64. The van der Waals surface area contributed by atoms with Crippen LogP contribution in [-0.2, 0) is 10.0 Å². The Kier molecular flexibility index (Phi) is 6.83. The summed E-state index contributed by atoms with van der Waals surface area (Å²) in [5.41, 5.74) is 2.24. The predicted octanol–water partition coefficient (Wildman–Crippen LogP) is 4.42. The number of ether oxygens (including phenoxy) is 2. The highest BCUT2D eigenvalue weighted by atomic mass is 32.2. The molecule has 0 unspecified atom stereocenters. The largest absolute Gasteiger partial charge is 0.495 e. The second-order valence-electron chi connectivity index (χ2n) is 8.21. The summed E-state index contributed by atoms with van der Waals surface area (Å²) < 4.78 is 40.3. The zero-order chi connectivity index (χ0) is 23.6. The lowest BCUT2D eigenvalue weighted by Gasteiger charge is -2.38. The molecule has 0 spiro atoms. The molecule has 1 aliphatic heterocycles. The molecule has 0 aliphatic carbocycles.